The van der Waals surface area contributed by atoms with Crippen molar-refractivity contribution < 1.29 is 4.79 Å². The first-order chi connectivity index (χ1) is 16.0. The fourth-order valence-corrected chi connectivity index (χ4v) is 5.95. The van der Waals surface area contributed by atoms with Crippen molar-refractivity contribution in [2.45, 2.75) is 38.4 Å². The van der Waals surface area contributed by atoms with Crippen molar-refractivity contribution in [3.63, 3.8) is 0 Å². The van der Waals surface area contributed by atoms with Crippen LogP contribution in [0.25, 0.3) is 32.7 Å². The highest BCUT2D eigenvalue weighted by atomic mass is 32.2. The van der Waals surface area contributed by atoms with Gasteiger partial charge in [0.15, 0.2) is 20.4 Å². The number of thiazole rings is 1. The average molecular weight is 494 g/mol. The molecule has 0 aliphatic carbocycles. The Bertz CT molecular complexity index is 1570. The number of nitrogens with one attached hydrogen (secondary N) is 1. The summed E-state index contributed by atoms with van der Waals surface area (Å²) >= 11 is 8.72. The van der Waals surface area contributed by atoms with Gasteiger partial charge in [0, 0.05) is 6.04 Å². The van der Waals surface area contributed by atoms with E-state index in [1.807, 2.05) is 52.3 Å². The van der Waals surface area contributed by atoms with Crippen molar-refractivity contribution >= 4 is 68.3 Å². The van der Waals surface area contributed by atoms with E-state index in [0.29, 0.717) is 0 Å². The van der Waals surface area contributed by atoms with Gasteiger partial charge in [-0.3, -0.25) is 13.8 Å². The van der Waals surface area contributed by atoms with Crippen molar-refractivity contribution in [2.75, 3.05) is 5.75 Å². The molecule has 0 spiro atoms. The summed E-state index contributed by atoms with van der Waals surface area (Å²) in [6, 6.07) is 16.3. The zero-order valence-corrected chi connectivity index (χ0v) is 21.0. The van der Waals surface area contributed by atoms with Crippen LogP contribution in [0.5, 0.6) is 0 Å². The molecule has 0 aliphatic rings. The summed E-state index contributed by atoms with van der Waals surface area (Å²) in [6.07, 6.45) is 0.893. The van der Waals surface area contributed by atoms with Crippen LogP contribution in [0.4, 0.5) is 0 Å². The standard InChI is InChI=1S/C24H23N5OS3/c1-4-15(3)25-19(30)13-32-23-27-22-20(21-26-16-10-6-8-12-18(16)28(21)23)33-24(31)29(22)17-11-7-5-9-14(17)2/h5-12,15H,4,13H2,1-3H3,(H,25,30)/t15-/m0/s1. The Morgan fingerprint density at radius 2 is 1.91 bits per heavy atom. The third kappa shape index (κ3) is 3.94. The van der Waals surface area contributed by atoms with E-state index in [-0.39, 0.29) is 17.7 Å². The van der Waals surface area contributed by atoms with Gasteiger partial charge < -0.3 is 5.32 Å². The number of imidazole rings is 1. The third-order valence-corrected chi connectivity index (χ3v) is 7.95. The van der Waals surface area contributed by atoms with Crippen LogP contribution < -0.4 is 5.32 Å². The zero-order valence-electron chi connectivity index (χ0n) is 18.5. The van der Waals surface area contributed by atoms with Crippen LogP contribution in [0.1, 0.15) is 25.8 Å². The second kappa shape index (κ2) is 8.89. The van der Waals surface area contributed by atoms with Crippen LogP contribution in [-0.2, 0) is 4.79 Å². The molecule has 9 heteroatoms. The quantitative estimate of drug-likeness (QED) is 0.180. The number of hydrogen-bond donors (Lipinski definition) is 1. The normalized spacial score (nSPS) is 12.6. The number of fused-ring (bicyclic) bond motifs is 5. The summed E-state index contributed by atoms with van der Waals surface area (Å²) in [5, 5.41) is 3.76. The van der Waals surface area contributed by atoms with E-state index < -0.39 is 0 Å². The molecule has 2 aromatic carbocycles. The first-order valence-corrected chi connectivity index (χ1v) is 13.0. The van der Waals surface area contributed by atoms with E-state index in [0.717, 1.165) is 53.8 Å². The number of carbonyl (C=O) groups is 1. The molecule has 5 rings (SSSR count). The monoisotopic (exact) mass is 493 g/mol. The number of hydrogen-bond acceptors (Lipinski definition) is 6. The van der Waals surface area contributed by atoms with E-state index in [9.17, 15) is 4.79 Å². The van der Waals surface area contributed by atoms with E-state index in [2.05, 4.69) is 31.3 Å². The molecule has 0 fully saturated rings. The number of para-hydroxylation sites is 3. The molecule has 1 amide bonds. The predicted octanol–water partition coefficient (Wildman–Crippen LogP) is 5.93. The molecule has 0 radical (unpaired) electrons. The molecule has 6 nitrogen and oxygen atoms in total. The van der Waals surface area contributed by atoms with E-state index >= 15 is 0 Å². The van der Waals surface area contributed by atoms with Gasteiger partial charge in [-0.25, -0.2) is 9.97 Å². The van der Waals surface area contributed by atoms with Gasteiger partial charge in [-0.15, -0.1) is 0 Å². The molecule has 0 unspecified atom stereocenters. The van der Waals surface area contributed by atoms with E-state index in [1.165, 1.54) is 23.1 Å². The smallest absolute Gasteiger partial charge is 0.230 e. The molecular formula is C24H23N5OS3. The number of thioether (sulfide) groups is 1. The molecule has 1 N–H and O–H groups in total. The number of benzene rings is 2. The lowest BCUT2D eigenvalue weighted by Crippen LogP contribution is -2.33. The van der Waals surface area contributed by atoms with Gasteiger partial charge in [-0.1, -0.05) is 60.4 Å². The minimum atomic E-state index is -0.00475. The number of aryl methyl sites for hydroxylation is 1. The molecule has 0 aliphatic heterocycles. The zero-order chi connectivity index (χ0) is 23.1. The van der Waals surface area contributed by atoms with Crippen LogP contribution in [0, 0.1) is 10.9 Å². The molecule has 5 aromatic rings. The van der Waals surface area contributed by atoms with Gasteiger partial charge in [0.05, 0.1) is 22.5 Å². The van der Waals surface area contributed by atoms with Crippen LogP contribution in [0.3, 0.4) is 0 Å². The van der Waals surface area contributed by atoms with Crippen LogP contribution in [0.2, 0.25) is 0 Å². The molecule has 3 heterocycles. The number of aromatic nitrogens is 4. The van der Waals surface area contributed by atoms with Crippen molar-refractivity contribution in [3.05, 3.63) is 58.0 Å². The molecule has 0 saturated carbocycles. The fraction of sp³-hybridized carbons (Fsp3) is 0.250. The molecule has 0 bridgehead atoms. The summed E-state index contributed by atoms with van der Waals surface area (Å²) in [6.45, 7) is 6.13. The van der Waals surface area contributed by atoms with Crippen molar-refractivity contribution in [1.29, 1.82) is 0 Å². The SMILES string of the molecule is CC[C@H](C)NC(=O)CSc1nc2c(sc(=S)n2-c2ccccc2C)c2nc3ccccc3n12. The first-order valence-electron chi connectivity index (χ1n) is 10.8. The average Bonchev–Trinajstić information content (AvgIpc) is 3.35. The summed E-state index contributed by atoms with van der Waals surface area (Å²) in [7, 11) is 0. The molecule has 0 saturated heterocycles. The second-order valence-corrected chi connectivity index (χ2v) is 10.5. The first kappa shape index (κ1) is 22.1. The summed E-state index contributed by atoms with van der Waals surface area (Å²) in [4.78, 5) is 22.5. The lowest BCUT2D eigenvalue weighted by molar-refractivity contribution is -0.119. The molecule has 3 aromatic heterocycles. The maximum atomic E-state index is 12.5. The lowest BCUT2D eigenvalue weighted by Gasteiger charge is -2.12. The summed E-state index contributed by atoms with van der Waals surface area (Å²) < 4.78 is 5.73. The Kier molecular flexibility index (Phi) is 5.94. The Balaban J connectivity index is 1.73. The number of carbonyl (C=O) groups excluding carboxylic acids is 1. The van der Waals surface area contributed by atoms with Crippen LogP contribution in [0.15, 0.2) is 53.7 Å². The van der Waals surface area contributed by atoms with E-state index in [1.54, 1.807) is 0 Å². The minimum absolute atomic E-state index is 0.00475. The van der Waals surface area contributed by atoms with Crippen molar-refractivity contribution in [3.8, 4) is 5.69 Å². The molecule has 1 atom stereocenters. The van der Waals surface area contributed by atoms with Gasteiger partial charge in [-0.2, -0.15) is 0 Å². The van der Waals surface area contributed by atoms with Gasteiger partial charge in [-0.05, 0) is 56.2 Å². The predicted molar refractivity (Wildman–Crippen MR) is 139 cm³/mol. The van der Waals surface area contributed by atoms with Gasteiger partial charge in [0.2, 0.25) is 5.91 Å². The maximum Gasteiger partial charge on any atom is 0.230 e. The molecule has 168 valence electrons. The number of rotatable bonds is 6. The Labute approximate surface area is 204 Å². The van der Waals surface area contributed by atoms with Gasteiger partial charge >= 0.3 is 0 Å². The van der Waals surface area contributed by atoms with Gasteiger partial charge in [0.25, 0.3) is 0 Å². The highest BCUT2D eigenvalue weighted by Crippen LogP contribution is 2.34. The Hall–Kier alpha value is -2.75. The Morgan fingerprint density at radius 1 is 1.15 bits per heavy atom. The maximum absolute atomic E-state index is 12.5. The largest absolute Gasteiger partial charge is 0.353 e. The topological polar surface area (TPSA) is 64.2 Å². The Morgan fingerprint density at radius 3 is 2.70 bits per heavy atom. The van der Waals surface area contributed by atoms with Crippen LogP contribution >= 0.6 is 35.3 Å². The van der Waals surface area contributed by atoms with Crippen LogP contribution in [-0.4, -0.2) is 36.6 Å². The summed E-state index contributed by atoms with van der Waals surface area (Å²) in [5.74, 6) is 0.273. The van der Waals surface area contributed by atoms with Crippen molar-refractivity contribution in [1.82, 2.24) is 24.3 Å². The third-order valence-electron chi connectivity index (χ3n) is 5.65. The highest BCUT2D eigenvalue weighted by molar-refractivity contribution is 7.99. The molecule has 33 heavy (non-hydrogen) atoms. The fourth-order valence-electron chi connectivity index (χ4n) is 3.80. The van der Waals surface area contributed by atoms with E-state index in [4.69, 9.17) is 22.2 Å². The number of amides is 1. The number of nitrogens with zero attached hydrogens (tertiary/aromatic N) is 4. The van der Waals surface area contributed by atoms with Gasteiger partial charge in [0.1, 0.15) is 4.70 Å². The highest BCUT2D eigenvalue weighted by Gasteiger charge is 2.20. The minimum Gasteiger partial charge on any atom is -0.353 e. The lowest BCUT2D eigenvalue weighted by atomic mass is 10.2. The summed E-state index contributed by atoms with van der Waals surface area (Å²) in [5.41, 5.74) is 5.56. The second-order valence-electron chi connectivity index (χ2n) is 7.96. The van der Waals surface area contributed by atoms with Crippen molar-refractivity contribution in [2.24, 2.45) is 0 Å². The molecular weight excluding hydrogens is 470 g/mol.